The molecular formula is C18H36IN3O2. The van der Waals surface area contributed by atoms with Crippen molar-refractivity contribution in [3.8, 4) is 0 Å². The van der Waals surface area contributed by atoms with E-state index >= 15 is 0 Å². The molecule has 0 spiro atoms. The predicted octanol–water partition coefficient (Wildman–Crippen LogP) is 3.01. The van der Waals surface area contributed by atoms with Crippen LogP contribution < -0.4 is 5.32 Å². The molecule has 2 heterocycles. The molecule has 1 atom stereocenters. The van der Waals surface area contributed by atoms with Gasteiger partial charge in [-0.25, -0.2) is 0 Å². The summed E-state index contributed by atoms with van der Waals surface area (Å²) in [5, 5.41) is 14.1. The van der Waals surface area contributed by atoms with Crippen LogP contribution in [0.3, 0.4) is 0 Å². The van der Waals surface area contributed by atoms with Crippen molar-refractivity contribution in [3.63, 3.8) is 0 Å². The standard InChI is InChI=1S/C18H35N3O2.HI/c1-4-7-17(3)8-6-11-21(15-17)16(19-5-2)20-14-18(22)9-12-23-13-10-18;/h22H,4-15H2,1-3H3,(H,19,20);1H. The quantitative estimate of drug-likeness (QED) is 0.382. The molecule has 5 nitrogen and oxygen atoms in total. The van der Waals surface area contributed by atoms with Crippen LogP contribution in [0.25, 0.3) is 0 Å². The minimum atomic E-state index is -0.693. The zero-order valence-electron chi connectivity index (χ0n) is 15.6. The topological polar surface area (TPSA) is 57.1 Å². The van der Waals surface area contributed by atoms with E-state index in [1.165, 1.54) is 25.7 Å². The summed E-state index contributed by atoms with van der Waals surface area (Å²) in [6.07, 6.45) is 6.39. The second kappa shape index (κ2) is 10.2. The van der Waals surface area contributed by atoms with Crippen LogP contribution in [0.5, 0.6) is 0 Å². The van der Waals surface area contributed by atoms with Gasteiger partial charge in [0, 0.05) is 45.7 Å². The first-order chi connectivity index (χ1) is 11.0. The Hall–Kier alpha value is -0.0800. The summed E-state index contributed by atoms with van der Waals surface area (Å²) in [6, 6.07) is 0. The highest BCUT2D eigenvalue weighted by Crippen LogP contribution is 2.34. The fraction of sp³-hybridized carbons (Fsp3) is 0.944. The van der Waals surface area contributed by atoms with Crippen LogP contribution in [0.2, 0.25) is 0 Å². The van der Waals surface area contributed by atoms with Gasteiger partial charge in [-0.05, 0) is 31.6 Å². The number of hydrogen-bond acceptors (Lipinski definition) is 3. The lowest BCUT2D eigenvalue weighted by Gasteiger charge is -2.42. The minimum absolute atomic E-state index is 0. The van der Waals surface area contributed by atoms with Crippen molar-refractivity contribution in [2.45, 2.75) is 64.9 Å². The van der Waals surface area contributed by atoms with Gasteiger partial charge in [-0.1, -0.05) is 20.3 Å². The molecule has 2 saturated heterocycles. The number of halogens is 1. The number of ether oxygens (including phenoxy) is 1. The van der Waals surface area contributed by atoms with E-state index in [2.05, 4.69) is 31.0 Å². The Balaban J connectivity index is 0.00000288. The number of rotatable bonds is 5. The third-order valence-corrected chi connectivity index (χ3v) is 5.22. The van der Waals surface area contributed by atoms with Gasteiger partial charge in [0.15, 0.2) is 5.96 Å². The summed E-state index contributed by atoms with van der Waals surface area (Å²) in [5.74, 6) is 0.967. The molecule has 2 aliphatic heterocycles. The highest BCUT2D eigenvalue weighted by molar-refractivity contribution is 14.0. The van der Waals surface area contributed by atoms with Crippen LogP contribution in [-0.2, 0) is 4.74 Å². The number of piperidine rings is 1. The summed E-state index contributed by atoms with van der Waals surface area (Å²) in [6.45, 7) is 11.5. The SMILES string of the molecule is CCCC1(C)CCCN(C(=NCC2(O)CCOCC2)NCC)C1.I. The first-order valence-electron chi connectivity index (χ1n) is 9.34. The van der Waals surface area contributed by atoms with Crippen LogP contribution in [0, 0.1) is 5.41 Å². The maximum Gasteiger partial charge on any atom is 0.194 e. The van der Waals surface area contributed by atoms with Crippen LogP contribution >= 0.6 is 24.0 Å². The summed E-state index contributed by atoms with van der Waals surface area (Å²) >= 11 is 0. The first kappa shape index (κ1) is 22.0. The lowest BCUT2D eigenvalue weighted by atomic mass is 9.78. The van der Waals surface area contributed by atoms with Crippen molar-refractivity contribution in [2.75, 3.05) is 39.4 Å². The molecule has 0 aromatic heterocycles. The molecule has 0 saturated carbocycles. The lowest BCUT2D eigenvalue weighted by Crippen LogP contribution is -2.50. The van der Waals surface area contributed by atoms with Crippen molar-refractivity contribution in [1.29, 1.82) is 0 Å². The van der Waals surface area contributed by atoms with E-state index in [1.807, 2.05) is 0 Å². The van der Waals surface area contributed by atoms with Crippen molar-refractivity contribution >= 4 is 29.9 Å². The van der Waals surface area contributed by atoms with Crippen molar-refractivity contribution in [3.05, 3.63) is 0 Å². The van der Waals surface area contributed by atoms with E-state index in [-0.39, 0.29) is 24.0 Å². The summed E-state index contributed by atoms with van der Waals surface area (Å²) < 4.78 is 5.36. The number of aliphatic imine (C=N–C) groups is 1. The van der Waals surface area contributed by atoms with Gasteiger partial charge >= 0.3 is 0 Å². The molecule has 6 heteroatoms. The van der Waals surface area contributed by atoms with Crippen molar-refractivity contribution < 1.29 is 9.84 Å². The van der Waals surface area contributed by atoms with E-state index in [1.54, 1.807) is 0 Å². The molecule has 142 valence electrons. The summed E-state index contributed by atoms with van der Waals surface area (Å²) in [4.78, 5) is 7.18. The second-order valence-electron chi connectivity index (χ2n) is 7.59. The van der Waals surface area contributed by atoms with Crippen molar-refractivity contribution in [1.82, 2.24) is 10.2 Å². The van der Waals surface area contributed by atoms with Gasteiger partial charge in [0.2, 0.25) is 0 Å². The highest BCUT2D eigenvalue weighted by atomic mass is 127. The first-order valence-corrected chi connectivity index (χ1v) is 9.34. The molecule has 2 aliphatic rings. The van der Waals surface area contributed by atoms with E-state index in [9.17, 15) is 5.11 Å². The van der Waals surface area contributed by atoms with Crippen molar-refractivity contribution in [2.24, 2.45) is 10.4 Å². The Kier molecular flexibility index (Phi) is 9.30. The van der Waals surface area contributed by atoms with Gasteiger partial charge in [0.1, 0.15) is 0 Å². The largest absolute Gasteiger partial charge is 0.388 e. The molecule has 2 rings (SSSR count). The Bertz CT molecular complexity index is 396. The zero-order chi connectivity index (χ0) is 16.8. The summed E-state index contributed by atoms with van der Waals surface area (Å²) in [7, 11) is 0. The maximum absolute atomic E-state index is 10.6. The highest BCUT2D eigenvalue weighted by Gasteiger charge is 2.33. The van der Waals surface area contributed by atoms with Gasteiger partial charge in [-0.3, -0.25) is 4.99 Å². The lowest BCUT2D eigenvalue weighted by molar-refractivity contribution is -0.0567. The molecule has 0 aromatic carbocycles. The number of nitrogens with one attached hydrogen (secondary N) is 1. The van der Waals surface area contributed by atoms with Gasteiger partial charge in [0.25, 0.3) is 0 Å². The molecule has 2 N–H and O–H groups in total. The third-order valence-electron chi connectivity index (χ3n) is 5.22. The monoisotopic (exact) mass is 453 g/mol. The summed E-state index contributed by atoms with van der Waals surface area (Å²) in [5.41, 5.74) is -0.305. The Morgan fingerprint density at radius 2 is 1.96 bits per heavy atom. The molecule has 0 aliphatic carbocycles. The smallest absolute Gasteiger partial charge is 0.194 e. The fourth-order valence-corrected chi connectivity index (χ4v) is 3.86. The number of aliphatic hydroxyl groups is 1. The predicted molar refractivity (Wildman–Crippen MR) is 110 cm³/mol. The third kappa shape index (κ3) is 6.33. The second-order valence-corrected chi connectivity index (χ2v) is 7.59. The van der Waals surface area contributed by atoms with Crippen LogP contribution in [0.15, 0.2) is 4.99 Å². The van der Waals surface area contributed by atoms with E-state index < -0.39 is 5.60 Å². The molecule has 24 heavy (non-hydrogen) atoms. The number of hydrogen-bond donors (Lipinski definition) is 2. The molecule has 1 unspecified atom stereocenters. The number of guanidine groups is 1. The van der Waals surface area contributed by atoms with Gasteiger partial charge in [-0.15, -0.1) is 24.0 Å². The van der Waals surface area contributed by atoms with Gasteiger partial charge in [-0.2, -0.15) is 0 Å². The van der Waals surface area contributed by atoms with Crippen LogP contribution in [0.1, 0.15) is 59.3 Å². The van der Waals surface area contributed by atoms with E-state index in [4.69, 9.17) is 9.73 Å². The normalized spacial score (nSPS) is 27.5. The van der Waals surface area contributed by atoms with E-state index in [0.29, 0.717) is 38.0 Å². The molecule has 0 bridgehead atoms. The van der Waals surface area contributed by atoms with Crippen LogP contribution in [-0.4, -0.2) is 61.0 Å². The molecule has 2 fully saturated rings. The minimum Gasteiger partial charge on any atom is -0.388 e. The molecule has 0 radical (unpaired) electrons. The fourth-order valence-electron chi connectivity index (χ4n) is 3.86. The Morgan fingerprint density at radius 1 is 1.25 bits per heavy atom. The Morgan fingerprint density at radius 3 is 2.58 bits per heavy atom. The van der Waals surface area contributed by atoms with Gasteiger partial charge in [0.05, 0.1) is 12.1 Å². The maximum atomic E-state index is 10.6. The zero-order valence-corrected chi connectivity index (χ0v) is 18.0. The molecular weight excluding hydrogens is 417 g/mol. The number of likely N-dealkylation sites (tertiary alicyclic amines) is 1. The molecule has 0 amide bonds. The average Bonchev–Trinajstić information content (AvgIpc) is 2.52. The Labute approximate surface area is 164 Å². The van der Waals surface area contributed by atoms with E-state index in [0.717, 1.165) is 25.6 Å². The van der Waals surface area contributed by atoms with Gasteiger partial charge < -0.3 is 20.1 Å². The molecule has 0 aromatic rings. The average molecular weight is 453 g/mol. The van der Waals surface area contributed by atoms with Crippen LogP contribution in [0.4, 0.5) is 0 Å². The number of nitrogens with zero attached hydrogens (tertiary/aromatic N) is 2.